The van der Waals surface area contributed by atoms with Crippen LogP contribution in [0.4, 0.5) is 0 Å². The first-order valence-electron chi connectivity index (χ1n) is 5.73. The number of aromatic nitrogens is 2. The normalized spacial score (nSPS) is 17.7. The van der Waals surface area contributed by atoms with Gasteiger partial charge in [0, 0.05) is 24.3 Å². The SMILES string of the molecule is S=c1[nH]c2cc(Cl)ccc2n1C1CCOCC1. The van der Waals surface area contributed by atoms with Gasteiger partial charge in [-0.2, -0.15) is 0 Å². The van der Waals surface area contributed by atoms with Gasteiger partial charge in [0.15, 0.2) is 4.77 Å². The standard InChI is InChI=1S/C12H13ClN2OS/c13-8-1-2-11-10(7-8)14-12(17)15(11)9-3-5-16-6-4-9/h1-2,7,9H,3-6H2,(H,14,17). The van der Waals surface area contributed by atoms with E-state index >= 15 is 0 Å². The molecule has 0 spiro atoms. The molecule has 0 atom stereocenters. The minimum atomic E-state index is 0.436. The summed E-state index contributed by atoms with van der Waals surface area (Å²) in [5, 5.41) is 0.730. The smallest absolute Gasteiger partial charge is 0.178 e. The molecule has 2 aromatic rings. The molecule has 0 amide bonds. The van der Waals surface area contributed by atoms with Crippen LogP contribution in [0.5, 0.6) is 0 Å². The number of fused-ring (bicyclic) bond motifs is 1. The second kappa shape index (κ2) is 4.44. The highest BCUT2D eigenvalue weighted by atomic mass is 35.5. The molecule has 3 rings (SSSR count). The molecule has 0 radical (unpaired) electrons. The maximum Gasteiger partial charge on any atom is 0.178 e. The zero-order valence-electron chi connectivity index (χ0n) is 9.28. The Morgan fingerprint density at radius 3 is 2.88 bits per heavy atom. The number of nitrogens with one attached hydrogen (secondary N) is 1. The van der Waals surface area contributed by atoms with Crippen molar-refractivity contribution in [3.63, 3.8) is 0 Å². The zero-order valence-corrected chi connectivity index (χ0v) is 10.9. The molecule has 1 aliphatic heterocycles. The Morgan fingerprint density at radius 2 is 2.12 bits per heavy atom. The van der Waals surface area contributed by atoms with E-state index in [1.54, 1.807) is 0 Å². The predicted octanol–water partition coefficient (Wildman–Crippen LogP) is 3.70. The fraction of sp³-hybridized carbons (Fsp3) is 0.417. The number of ether oxygens (including phenoxy) is 1. The van der Waals surface area contributed by atoms with Gasteiger partial charge in [0.05, 0.1) is 11.0 Å². The number of aromatic amines is 1. The quantitative estimate of drug-likeness (QED) is 0.799. The van der Waals surface area contributed by atoms with E-state index in [0.29, 0.717) is 6.04 Å². The van der Waals surface area contributed by atoms with Crippen molar-refractivity contribution in [2.24, 2.45) is 0 Å². The van der Waals surface area contributed by atoms with Crippen LogP contribution in [-0.4, -0.2) is 22.8 Å². The first-order chi connectivity index (χ1) is 8.25. The number of benzene rings is 1. The number of imidazole rings is 1. The summed E-state index contributed by atoms with van der Waals surface area (Å²) in [6.45, 7) is 1.62. The van der Waals surface area contributed by atoms with Crippen molar-refractivity contribution < 1.29 is 4.74 Å². The van der Waals surface area contributed by atoms with Crippen LogP contribution in [0.2, 0.25) is 5.02 Å². The summed E-state index contributed by atoms with van der Waals surface area (Å²) in [6, 6.07) is 6.29. The van der Waals surface area contributed by atoms with E-state index in [1.807, 2.05) is 18.2 Å². The van der Waals surface area contributed by atoms with E-state index in [4.69, 9.17) is 28.6 Å². The van der Waals surface area contributed by atoms with Crippen molar-refractivity contribution in [2.45, 2.75) is 18.9 Å². The lowest BCUT2D eigenvalue weighted by Gasteiger charge is -2.24. The van der Waals surface area contributed by atoms with Crippen LogP contribution in [0.1, 0.15) is 18.9 Å². The second-order valence-corrected chi connectivity index (χ2v) is 5.13. The van der Waals surface area contributed by atoms with Crippen molar-refractivity contribution in [2.75, 3.05) is 13.2 Å². The Balaban J connectivity index is 2.14. The number of halogens is 1. The van der Waals surface area contributed by atoms with Crippen LogP contribution < -0.4 is 0 Å². The molecule has 0 saturated carbocycles. The summed E-state index contributed by atoms with van der Waals surface area (Å²) >= 11 is 11.4. The van der Waals surface area contributed by atoms with E-state index in [2.05, 4.69) is 9.55 Å². The van der Waals surface area contributed by atoms with E-state index in [0.717, 1.165) is 46.9 Å². The van der Waals surface area contributed by atoms with Crippen LogP contribution in [0.15, 0.2) is 18.2 Å². The molecule has 0 bridgehead atoms. The largest absolute Gasteiger partial charge is 0.381 e. The Morgan fingerprint density at radius 1 is 1.35 bits per heavy atom. The molecule has 2 heterocycles. The minimum Gasteiger partial charge on any atom is -0.381 e. The van der Waals surface area contributed by atoms with Crippen molar-refractivity contribution >= 4 is 34.9 Å². The summed E-state index contributed by atoms with van der Waals surface area (Å²) in [7, 11) is 0. The number of rotatable bonds is 1. The monoisotopic (exact) mass is 268 g/mol. The van der Waals surface area contributed by atoms with Crippen molar-refractivity contribution in [3.8, 4) is 0 Å². The van der Waals surface area contributed by atoms with Gasteiger partial charge >= 0.3 is 0 Å². The van der Waals surface area contributed by atoms with E-state index in [-0.39, 0.29) is 0 Å². The molecular formula is C12H13ClN2OS. The minimum absolute atomic E-state index is 0.436. The molecule has 90 valence electrons. The molecule has 5 heteroatoms. The van der Waals surface area contributed by atoms with Gasteiger partial charge in [0.1, 0.15) is 0 Å². The molecule has 1 saturated heterocycles. The van der Waals surface area contributed by atoms with Crippen LogP contribution >= 0.6 is 23.8 Å². The van der Waals surface area contributed by atoms with Gasteiger partial charge in [-0.1, -0.05) is 11.6 Å². The average Bonchev–Trinajstić information content (AvgIpc) is 2.65. The highest BCUT2D eigenvalue weighted by Gasteiger charge is 2.18. The molecule has 1 fully saturated rings. The molecule has 17 heavy (non-hydrogen) atoms. The topological polar surface area (TPSA) is 29.9 Å². The van der Waals surface area contributed by atoms with Crippen LogP contribution in [0.25, 0.3) is 11.0 Å². The average molecular weight is 269 g/mol. The maximum atomic E-state index is 5.98. The number of hydrogen-bond donors (Lipinski definition) is 1. The van der Waals surface area contributed by atoms with Gasteiger partial charge in [-0.05, 0) is 43.3 Å². The molecule has 1 aromatic carbocycles. The lowest BCUT2D eigenvalue weighted by Crippen LogP contribution is -2.19. The lowest BCUT2D eigenvalue weighted by molar-refractivity contribution is 0.0702. The summed E-state index contributed by atoms with van der Waals surface area (Å²) < 4.78 is 8.36. The Labute approximate surface area is 109 Å². The van der Waals surface area contributed by atoms with E-state index in [1.165, 1.54) is 0 Å². The highest BCUT2D eigenvalue weighted by Crippen LogP contribution is 2.27. The van der Waals surface area contributed by atoms with Crippen molar-refractivity contribution in [1.29, 1.82) is 0 Å². The van der Waals surface area contributed by atoms with Crippen LogP contribution in [0.3, 0.4) is 0 Å². The van der Waals surface area contributed by atoms with Gasteiger partial charge in [0.25, 0.3) is 0 Å². The van der Waals surface area contributed by atoms with Crippen molar-refractivity contribution in [1.82, 2.24) is 9.55 Å². The van der Waals surface area contributed by atoms with Crippen LogP contribution in [0, 0.1) is 4.77 Å². The first-order valence-corrected chi connectivity index (χ1v) is 6.52. The van der Waals surface area contributed by atoms with Crippen LogP contribution in [-0.2, 0) is 4.74 Å². The summed E-state index contributed by atoms with van der Waals surface area (Å²) in [5.74, 6) is 0. The second-order valence-electron chi connectivity index (χ2n) is 4.31. The van der Waals surface area contributed by atoms with Gasteiger partial charge in [-0.15, -0.1) is 0 Å². The van der Waals surface area contributed by atoms with Gasteiger partial charge in [-0.25, -0.2) is 0 Å². The third-order valence-electron chi connectivity index (χ3n) is 3.23. The molecule has 1 aliphatic rings. The summed E-state index contributed by atoms with van der Waals surface area (Å²) in [5.41, 5.74) is 2.14. The fourth-order valence-electron chi connectivity index (χ4n) is 2.41. The Kier molecular flexibility index (Phi) is 2.94. The van der Waals surface area contributed by atoms with Gasteiger partial charge < -0.3 is 14.3 Å². The first kappa shape index (κ1) is 11.3. The molecule has 1 N–H and O–H groups in total. The number of nitrogens with zero attached hydrogens (tertiary/aromatic N) is 1. The fourth-order valence-corrected chi connectivity index (χ4v) is 2.94. The molecule has 1 aromatic heterocycles. The maximum absolute atomic E-state index is 5.98. The molecule has 3 nitrogen and oxygen atoms in total. The molecule has 0 unspecified atom stereocenters. The Hall–Kier alpha value is -0.840. The predicted molar refractivity (Wildman–Crippen MR) is 71.2 cm³/mol. The summed E-state index contributed by atoms with van der Waals surface area (Å²) in [4.78, 5) is 3.22. The summed E-state index contributed by atoms with van der Waals surface area (Å²) in [6.07, 6.45) is 2.04. The van der Waals surface area contributed by atoms with E-state index in [9.17, 15) is 0 Å². The molecule has 0 aliphatic carbocycles. The highest BCUT2D eigenvalue weighted by molar-refractivity contribution is 7.71. The number of hydrogen-bond acceptors (Lipinski definition) is 2. The molecular weight excluding hydrogens is 256 g/mol. The van der Waals surface area contributed by atoms with E-state index < -0.39 is 0 Å². The zero-order chi connectivity index (χ0) is 11.8. The van der Waals surface area contributed by atoms with Gasteiger partial charge in [-0.3, -0.25) is 0 Å². The third-order valence-corrected chi connectivity index (χ3v) is 3.77. The van der Waals surface area contributed by atoms with Gasteiger partial charge in [0.2, 0.25) is 0 Å². The third kappa shape index (κ3) is 2.01. The Bertz CT molecular complexity index is 598. The number of H-pyrrole nitrogens is 1. The lowest BCUT2D eigenvalue weighted by atomic mass is 10.1. The van der Waals surface area contributed by atoms with Crippen molar-refractivity contribution in [3.05, 3.63) is 28.0 Å².